The predicted octanol–water partition coefficient (Wildman–Crippen LogP) is 0.985. The zero-order chi connectivity index (χ0) is 27.9. The first-order valence-electron chi connectivity index (χ1n) is 13.4. The van der Waals surface area contributed by atoms with Gasteiger partial charge in [-0.05, 0) is 12.1 Å². The largest absolute Gasteiger partial charge is 0.460 e. The van der Waals surface area contributed by atoms with Crippen LogP contribution in [-0.4, -0.2) is 143 Å². The molecule has 0 atom stereocenters. The van der Waals surface area contributed by atoms with Gasteiger partial charge in [-0.1, -0.05) is 18.2 Å². The number of aliphatic hydroxyl groups is 1. The standard InChI is InChI=1S/C27H46O12/c28-6-7-30-8-9-31-10-11-32-12-13-33-14-15-34-16-17-35-18-19-36-20-21-37-22-23-38-24-25-39-27(29)26-4-2-1-3-5-26/h1-5,28H,6-25H2. The monoisotopic (exact) mass is 562 g/mol. The number of hydrogen-bond donors (Lipinski definition) is 1. The second-order valence-corrected chi connectivity index (χ2v) is 7.74. The number of hydrogen-bond acceptors (Lipinski definition) is 12. The minimum atomic E-state index is -0.357. The van der Waals surface area contributed by atoms with Gasteiger partial charge in [0.2, 0.25) is 0 Å². The normalized spacial score (nSPS) is 11.2. The summed E-state index contributed by atoms with van der Waals surface area (Å²) in [5.74, 6) is -0.357. The van der Waals surface area contributed by atoms with Gasteiger partial charge in [0.25, 0.3) is 0 Å². The first kappa shape index (κ1) is 35.3. The minimum Gasteiger partial charge on any atom is -0.460 e. The van der Waals surface area contributed by atoms with Gasteiger partial charge in [-0.25, -0.2) is 4.79 Å². The molecular formula is C27H46O12. The van der Waals surface area contributed by atoms with Crippen molar-refractivity contribution in [1.82, 2.24) is 0 Å². The molecule has 0 saturated heterocycles. The van der Waals surface area contributed by atoms with Gasteiger partial charge in [0.15, 0.2) is 0 Å². The van der Waals surface area contributed by atoms with Gasteiger partial charge in [0.1, 0.15) is 6.61 Å². The first-order valence-corrected chi connectivity index (χ1v) is 13.4. The quantitative estimate of drug-likeness (QED) is 0.106. The van der Waals surface area contributed by atoms with Crippen LogP contribution >= 0.6 is 0 Å². The van der Waals surface area contributed by atoms with Gasteiger partial charge >= 0.3 is 5.97 Å². The SMILES string of the molecule is O=C(OCCOCCOCCOCCOCCOCCOCCOCCOCCOCCO)c1ccccc1. The highest BCUT2D eigenvalue weighted by Gasteiger charge is 2.05. The zero-order valence-electron chi connectivity index (χ0n) is 23.0. The van der Waals surface area contributed by atoms with Crippen LogP contribution in [0.1, 0.15) is 10.4 Å². The minimum absolute atomic E-state index is 0.0227. The Bertz CT molecular complexity index is 634. The zero-order valence-corrected chi connectivity index (χ0v) is 23.0. The molecule has 0 amide bonds. The van der Waals surface area contributed by atoms with Gasteiger partial charge in [-0.15, -0.1) is 0 Å². The van der Waals surface area contributed by atoms with Crippen molar-refractivity contribution in [3.8, 4) is 0 Å². The van der Waals surface area contributed by atoms with Gasteiger partial charge < -0.3 is 52.5 Å². The molecule has 12 nitrogen and oxygen atoms in total. The summed E-state index contributed by atoms with van der Waals surface area (Å²) in [5, 5.41) is 8.56. The van der Waals surface area contributed by atoms with E-state index in [1.54, 1.807) is 24.3 Å². The summed E-state index contributed by atoms with van der Waals surface area (Å²) in [6.45, 7) is 8.59. The lowest BCUT2D eigenvalue weighted by molar-refractivity contribution is -0.0263. The van der Waals surface area contributed by atoms with Crippen molar-refractivity contribution in [3.63, 3.8) is 0 Å². The molecule has 0 unspecified atom stereocenters. The molecule has 12 heteroatoms. The van der Waals surface area contributed by atoms with E-state index in [0.717, 1.165) is 0 Å². The van der Waals surface area contributed by atoms with E-state index in [1.165, 1.54) is 0 Å². The molecule has 0 aromatic heterocycles. The van der Waals surface area contributed by atoms with Gasteiger partial charge in [0.05, 0.1) is 131 Å². The first-order chi connectivity index (χ1) is 19.3. The Morgan fingerprint density at radius 3 is 1.03 bits per heavy atom. The van der Waals surface area contributed by atoms with Crippen LogP contribution in [0.3, 0.4) is 0 Å². The van der Waals surface area contributed by atoms with E-state index in [4.69, 9.17) is 52.5 Å². The number of carbonyl (C=O) groups excluding carboxylic acids is 1. The summed E-state index contributed by atoms with van der Waals surface area (Å²) in [4.78, 5) is 11.7. The summed E-state index contributed by atoms with van der Waals surface area (Å²) in [5.41, 5.74) is 0.525. The van der Waals surface area contributed by atoms with Crippen molar-refractivity contribution < 1.29 is 57.3 Å². The Balaban J connectivity index is 1.65. The van der Waals surface area contributed by atoms with E-state index in [0.29, 0.717) is 124 Å². The van der Waals surface area contributed by atoms with Crippen LogP contribution in [-0.2, 0) is 47.4 Å². The lowest BCUT2D eigenvalue weighted by Gasteiger charge is -2.09. The van der Waals surface area contributed by atoms with Crippen molar-refractivity contribution >= 4 is 5.97 Å². The van der Waals surface area contributed by atoms with Crippen LogP contribution in [0.15, 0.2) is 30.3 Å². The Kier molecular flexibility index (Phi) is 26.5. The summed E-state index contributed by atoms with van der Waals surface area (Å²) in [7, 11) is 0. The maximum Gasteiger partial charge on any atom is 0.338 e. The number of benzene rings is 1. The van der Waals surface area contributed by atoms with Crippen molar-refractivity contribution in [2.75, 3.05) is 132 Å². The van der Waals surface area contributed by atoms with Crippen LogP contribution < -0.4 is 0 Å². The number of carbonyl (C=O) groups is 1. The van der Waals surface area contributed by atoms with E-state index in [-0.39, 0.29) is 19.2 Å². The third kappa shape index (κ3) is 25.0. The van der Waals surface area contributed by atoms with Gasteiger partial charge in [-0.2, -0.15) is 0 Å². The second kappa shape index (κ2) is 29.3. The molecule has 0 heterocycles. The molecular weight excluding hydrogens is 516 g/mol. The maximum absolute atomic E-state index is 11.7. The van der Waals surface area contributed by atoms with Crippen LogP contribution in [0.25, 0.3) is 0 Å². The van der Waals surface area contributed by atoms with E-state index in [9.17, 15) is 4.79 Å². The highest BCUT2D eigenvalue weighted by molar-refractivity contribution is 5.89. The molecule has 0 aliphatic rings. The molecule has 0 bridgehead atoms. The summed E-state index contributed by atoms with van der Waals surface area (Å²) in [6.07, 6.45) is 0. The number of rotatable bonds is 30. The molecule has 1 aromatic rings. The highest BCUT2D eigenvalue weighted by atomic mass is 16.6. The molecule has 39 heavy (non-hydrogen) atoms. The summed E-state index contributed by atoms with van der Waals surface area (Å²) >= 11 is 0. The maximum atomic E-state index is 11.7. The third-order valence-corrected chi connectivity index (χ3v) is 4.68. The van der Waals surface area contributed by atoms with E-state index >= 15 is 0 Å². The summed E-state index contributed by atoms with van der Waals surface area (Å²) in [6, 6.07) is 8.84. The van der Waals surface area contributed by atoms with E-state index < -0.39 is 0 Å². The molecule has 0 fully saturated rings. The molecule has 1 rings (SSSR count). The molecule has 0 aliphatic heterocycles. The lowest BCUT2D eigenvalue weighted by atomic mass is 10.2. The average molecular weight is 563 g/mol. The van der Waals surface area contributed by atoms with Crippen molar-refractivity contribution in [2.45, 2.75) is 0 Å². The smallest absolute Gasteiger partial charge is 0.338 e. The highest BCUT2D eigenvalue weighted by Crippen LogP contribution is 2.00. The van der Waals surface area contributed by atoms with Crippen molar-refractivity contribution in [1.29, 1.82) is 0 Å². The average Bonchev–Trinajstić information content (AvgIpc) is 2.96. The van der Waals surface area contributed by atoms with E-state index in [2.05, 4.69) is 0 Å². The Hall–Kier alpha value is -1.71. The topological polar surface area (TPSA) is 130 Å². The number of esters is 1. The fraction of sp³-hybridized carbons (Fsp3) is 0.741. The number of aliphatic hydroxyl groups excluding tert-OH is 1. The molecule has 1 aromatic carbocycles. The Morgan fingerprint density at radius 2 is 0.718 bits per heavy atom. The summed E-state index contributed by atoms with van der Waals surface area (Å²) < 4.78 is 53.4. The van der Waals surface area contributed by atoms with E-state index in [1.807, 2.05) is 6.07 Å². The van der Waals surface area contributed by atoms with Crippen LogP contribution in [0, 0.1) is 0 Å². The van der Waals surface area contributed by atoms with Gasteiger partial charge in [0, 0.05) is 0 Å². The predicted molar refractivity (Wildman–Crippen MR) is 141 cm³/mol. The molecule has 0 radical (unpaired) electrons. The number of ether oxygens (including phenoxy) is 10. The van der Waals surface area contributed by atoms with Crippen molar-refractivity contribution in [3.05, 3.63) is 35.9 Å². The molecule has 1 N–H and O–H groups in total. The van der Waals surface area contributed by atoms with Crippen LogP contribution in [0.5, 0.6) is 0 Å². The Labute approximate surface area is 231 Å². The molecule has 226 valence electrons. The molecule has 0 saturated carbocycles. The fourth-order valence-corrected chi connectivity index (χ4v) is 2.78. The fourth-order valence-electron chi connectivity index (χ4n) is 2.78. The lowest BCUT2D eigenvalue weighted by Crippen LogP contribution is -2.15. The molecule has 0 spiro atoms. The van der Waals surface area contributed by atoms with Crippen LogP contribution in [0.2, 0.25) is 0 Å². The Morgan fingerprint density at radius 1 is 0.436 bits per heavy atom. The van der Waals surface area contributed by atoms with Gasteiger partial charge in [-0.3, -0.25) is 0 Å². The molecule has 0 aliphatic carbocycles. The third-order valence-electron chi connectivity index (χ3n) is 4.68. The second-order valence-electron chi connectivity index (χ2n) is 7.74. The van der Waals surface area contributed by atoms with Crippen LogP contribution in [0.4, 0.5) is 0 Å². The van der Waals surface area contributed by atoms with Crippen molar-refractivity contribution in [2.24, 2.45) is 0 Å².